The Kier molecular flexibility index (Phi) is 5.88. The standard InChI is InChI=1S/C17H18ClN7O2/c18-13-9-23-15(24-16-10-20-12(6-19)8-22-16)5-14(13)21-7-11-1-3-25(4-2-11)17(26)27/h5,8-11H,1-4,7H2,(H,26,27)(H2,21,22,23,24). The normalized spacial score (nSPS) is 14.4. The van der Waals surface area contributed by atoms with E-state index in [2.05, 4.69) is 25.6 Å². The minimum absolute atomic E-state index is 0.237. The lowest BCUT2D eigenvalue weighted by Gasteiger charge is -2.30. The zero-order valence-electron chi connectivity index (χ0n) is 14.4. The van der Waals surface area contributed by atoms with E-state index in [1.807, 2.05) is 6.07 Å². The Labute approximate surface area is 161 Å². The first kappa shape index (κ1) is 18.7. The van der Waals surface area contributed by atoms with Crippen molar-refractivity contribution in [3.63, 3.8) is 0 Å². The maximum Gasteiger partial charge on any atom is 0.407 e. The van der Waals surface area contributed by atoms with Gasteiger partial charge in [0.1, 0.15) is 17.7 Å². The van der Waals surface area contributed by atoms with E-state index in [0.29, 0.717) is 42.2 Å². The third-order valence-corrected chi connectivity index (χ3v) is 4.65. The van der Waals surface area contributed by atoms with E-state index >= 15 is 0 Å². The van der Waals surface area contributed by atoms with Gasteiger partial charge < -0.3 is 20.6 Å². The fourth-order valence-corrected chi connectivity index (χ4v) is 2.98. The maximum atomic E-state index is 11.0. The number of hydrogen-bond donors (Lipinski definition) is 3. The number of nitrogens with zero attached hydrogens (tertiary/aromatic N) is 5. The van der Waals surface area contributed by atoms with Crippen LogP contribution in [0.5, 0.6) is 0 Å². The Balaban J connectivity index is 1.58. The molecule has 0 radical (unpaired) electrons. The third kappa shape index (κ3) is 4.95. The summed E-state index contributed by atoms with van der Waals surface area (Å²) in [6, 6.07) is 3.68. The number of nitriles is 1. The van der Waals surface area contributed by atoms with Gasteiger partial charge in [-0.15, -0.1) is 0 Å². The molecule has 2 aromatic heterocycles. The van der Waals surface area contributed by atoms with Crippen LogP contribution < -0.4 is 10.6 Å². The minimum atomic E-state index is -0.861. The van der Waals surface area contributed by atoms with Crippen LogP contribution in [0.25, 0.3) is 0 Å². The molecule has 2 aromatic rings. The van der Waals surface area contributed by atoms with Crippen LogP contribution in [0, 0.1) is 17.2 Å². The molecule has 3 rings (SSSR count). The first-order chi connectivity index (χ1) is 13.0. The Hall–Kier alpha value is -3.12. The summed E-state index contributed by atoms with van der Waals surface area (Å²) in [6.45, 7) is 1.80. The first-order valence-corrected chi connectivity index (χ1v) is 8.79. The lowest BCUT2D eigenvalue weighted by atomic mass is 9.97. The molecule has 0 aromatic carbocycles. The van der Waals surface area contributed by atoms with Crippen molar-refractivity contribution in [2.45, 2.75) is 12.8 Å². The molecule has 1 fully saturated rings. The molecule has 0 aliphatic carbocycles. The summed E-state index contributed by atoms with van der Waals surface area (Å²) >= 11 is 6.22. The Morgan fingerprint density at radius 1 is 1.26 bits per heavy atom. The molecule has 27 heavy (non-hydrogen) atoms. The Bertz CT molecular complexity index is 845. The zero-order valence-corrected chi connectivity index (χ0v) is 15.1. The summed E-state index contributed by atoms with van der Waals surface area (Å²) in [5.41, 5.74) is 0.970. The van der Waals surface area contributed by atoms with Gasteiger partial charge in [-0.05, 0) is 18.8 Å². The van der Waals surface area contributed by atoms with Crippen LogP contribution in [-0.4, -0.2) is 50.7 Å². The number of carboxylic acid groups (broad SMARTS) is 1. The van der Waals surface area contributed by atoms with E-state index in [0.717, 1.165) is 18.5 Å². The van der Waals surface area contributed by atoms with Crippen LogP contribution in [0.2, 0.25) is 5.02 Å². The van der Waals surface area contributed by atoms with Gasteiger partial charge in [0.15, 0.2) is 5.69 Å². The SMILES string of the molecule is N#Cc1cnc(Nc2cc(NCC3CCN(C(=O)O)CC3)c(Cl)cn2)cn1. The molecule has 0 bridgehead atoms. The number of rotatable bonds is 5. The van der Waals surface area contributed by atoms with Crippen molar-refractivity contribution in [3.8, 4) is 6.07 Å². The second kappa shape index (κ2) is 8.51. The average Bonchev–Trinajstić information content (AvgIpc) is 2.69. The lowest BCUT2D eigenvalue weighted by molar-refractivity contribution is 0.126. The summed E-state index contributed by atoms with van der Waals surface area (Å²) in [5, 5.41) is 24.6. The third-order valence-electron chi connectivity index (χ3n) is 4.34. The second-order valence-corrected chi connectivity index (χ2v) is 6.57. The molecule has 0 saturated carbocycles. The fourth-order valence-electron chi connectivity index (χ4n) is 2.81. The number of aromatic nitrogens is 3. The van der Waals surface area contributed by atoms with Crippen molar-refractivity contribution >= 4 is 35.0 Å². The van der Waals surface area contributed by atoms with Gasteiger partial charge in [-0.2, -0.15) is 5.26 Å². The summed E-state index contributed by atoms with van der Waals surface area (Å²) in [5.74, 6) is 1.39. The molecule has 1 amide bonds. The molecular weight excluding hydrogens is 370 g/mol. The highest BCUT2D eigenvalue weighted by Crippen LogP contribution is 2.26. The molecule has 3 heterocycles. The zero-order chi connectivity index (χ0) is 19.2. The molecule has 0 atom stereocenters. The average molecular weight is 388 g/mol. The van der Waals surface area contributed by atoms with E-state index in [4.69, 9.17) is 22.0 Å². The number of amides is 1. The Morgan fingerprint density at radius 3 is 2.63 bits per heavy atom. The maximum absolute atomic E-state index is 11.0. The number of nitrogens with one attached hydrogen (secondary N) is 2. The highest BCUT2D eigenvalue weighted by Gasteiger charge is 2.22. The first-order valence-electron chi connectivity index (χ1n) is 8.41. The van der Waals surface area contributed by atoms with Gasteiger partial charge >= 0.3 is 6.09 Å². The van der Waals surface area contributed by atoms with Gasteiger partial charge in [-0.1, -0.05) is 11.6 Å². The fraction of sp³-hybridized carbons (Fsp3) is 0.353. The van der Waals surface area contributed by atoms with Crippen LogP contribution in [-0.2, 0) is 0 Å². The largest absolute Gasteiger partial charge is 0.465 e. The number of carbonyl (C=O) groups is 1. The van der Waals surface area contributed by atoms with Crippen LogP contribution in [0.15, 0.2) is 24.7 Å². The highest BCUT2D eigenvalue weighted by molar-refractivity contribution is 6.33. The van der Waals surface area contributed by atoms with Gasteiger partial charge in [0.05, 0.1) is 29.3 Å². The van der Waals surface area contributed by atoms with Crippen molar-refractivity contribution < 1.29 is 9.90 Å². The summed E-state index contributed by atoms with van der Waals surface area (Å²) < 4.78 is 0. The van der Waals surface area contributed by atoms with Crippen molar-refractivity contribution in [1.82, 2.24) is 19.9 Å². The van der Waals surface area contributed by atoms with Crippen LogP contribution in [0.3, 0.4) is 0 Å². The number of anilines is 3. The van der Waals surface area contributed by atoms with E-state index in [1.54, 1.807) is 6.07 Å². The molecule has 1 aliphatic rings. The van der Waals surface area contributed by atoms with E-state index in [-0.39, 0.29) is 5.69 Å². The summed E-state index contributed by atoms with van der Waals surface area (Å²) in [7, 11) is 0. The smallest absolute Gasteiger partial charge is 0.407 e. The van der Waals surface area contributed by atoms with Crippen molar-refractivity contribution in [3.05, 3.63) is 35.4 Å². The van der Waals surface area contributed by atoms with Crippen LogP contribution >= 0.6 is 11.6 Å². The molecule has 9 nitrogen and oxygen atoms in total. The molecule has 10 heteroatoms. The number of hydrogen-bond acceptors (Lipinski definition) is 7. The van der Waals surface area contributed by atoms with Crippen molar-refractivity contribution in [1.29, 1.82) is 5.26 Å². The topological polar surface area (TPSA) is 127 Å². The van der Waals surface area contributed by atoms with Gasteiger partial charge in [-0.25, -0.2) is 19.7 Å². The van der Waals surface area contributed by atoms with E-state index in [9.17, 15) is 4.79 Å². The predicted molar refractivity (Wildman–Crippen MR) is 100 cm³/mol. The lowest BCUT2D eigenvalue weighted by Crippen LogP contribution is -2.39. The van der Waals surface area contributed by atoms with Gasteiger partial charge in [0.2, 0.25) is 0 Å². The molecule has 0 spiro atoms. The predicted octanol–water partition coefficient (Wildman–Crippen LogP) is 2.94. The Morgan fingerprint density at radius 2 is 2.00 bits per heavy atom. The number of halogens is 1. The van der Waals surface area contributed by atoms with Crippen LogP contribution in [0.1, 0.15) is 18.5 Å². The highest BCUT2D eigenvalue weighted by atomic mass is 35.5. The van der Waals surface area contributed by atoms with E-state index in [1.165, 1.54) is 23.5 Å². The summed E-state index contributed by atoms with van der Waals surface area (Å²) in [6.07, 6.45) is 5.14. The minimum Gasteiger partial charge on any atom is -0.465 e. The number of piperidine rings is 1. The van der Waals surface area contributed by atoms with Crippen molar-refractivity contribution in [2.24, 2.45) is 5.92 Å². The molecule has 140 valence electrons. The molecule has 3 N–H and O–H groups in total. The monoisotopic (exact) mass is 387 g/mol. The quantitative estimate of drug-likeness (QED) is 0.714. The molecule has 1 aliphatic heterocycles. The van der Waals surface area contributed by atoms with Gasteiger partial charge in [0.25, 0.3) is 0 Å². The van der Waals surface area contributed by atoms with Crippen LogP contribution in [0.4, 0.5) is 22.1 Å². The molecule has 1 saturated heterocycles. The molecular formula is C17H18ClN7O2. The van der Waals surface area contributed by atoms with E-state index < -0.39 is 6.09 Å². The number of likely N-dealkylation sites (tertiary alicyclic amines) is 1. The van der Waals surface area contributed by atoms with Gasteiger partial charge in [-0.3, -0.25) is 0 Å². The van der Waals surface area contributed by atoms with Gasteiger partial charge in [0, 0.05) is 25.7 Å². The number of pyridine rings is 1. The molecule has 0 unspecified atom stereocenters. The summed E-state index contributed by atoms with van der Waals surface area (Å²) in [4.78, 5) is 24.7. The van der Waals surface area contributed by atoms with Crippen molar-refractivity contribution in [2.75, 3.05) is 30.3 Å². The second-order valence-electron chi connectivity index (χ2n) is 6.17.